The van der Waals surface area contributed by atoms with E-state index in [9.17, 15) is 9.59 Å². The highest BCUT2D eigenvalue weighted by molar-refractivity contribution is 5.94. The van der Waals surface area contributed by atoms with Crippen LogP contribution < -0.4 is 5.32 Å². The Labute approximate surface area is 217 Å². The lowest BCUT2D eigenvalue weighted by Gasteiger charge is -2.26. The number of rotatable bonds is 9. The Kier molecular flexibility index (Phi) is 7.73. The molecule has 190 valence electrons. The molecular weight excluding hydrogens is 464 g/mol. The minimum Gasteiger partial charge on any atom is -0.379 e. The molecule has 1 fully saturated rings. The van der Waals surface area contributed by atoms with Gasteiger partial charge in [-0.15, -0.1) is 0 Å². The first-order chi connectivity index (χ1) is 18.1. The number of ether oxygens (including phenoxy) is 1. The first kappa shape index (κ1) is 24.9. The van der Waals surface area contributed by atoms with Crippen molar-refractivity contribution in [3.63, 3.8) is 0 Å². The average Bonchev–Trinajstić information content (AvgIpc) is 3.31. The van der Waals surface area contributed by atoms with Gasteiger partial charge < -0.3 is 14.5 Å². The topological polar surface area (TPSA) is 75.9 Å². The molecule has 7 nitrogen and oxygen atoms in total. The molecule has 0 saturated carbocycles. The summed E-state index contributed by atoms with van der Waals surface area (Å²) in [6, 6.07) is 21.8. The number of Topliss-reactive ketones (excluding diaryl/α,β-unsaturated/α-hetero) is 1. The Morgan fingerprint density at radius 1 is 0.919 bits per heavy atom. The summed E-state index contributed by atoms with van der Waals surface area (Å²) in [7, 11) is 0. The van der Waals surface area contributed by atoms with Crippen LogP contribution in [0.2, 0.25) is 0 Å². The molecule has 0 unspecified atom stereocenters. The summed E-state index contributed by atoms with van der Waals surface area (Å²) >= 11 is 0. The predicted octanol–water partition coefficient (Wildman–Crippen LogP) is 4.25. The number of hydrogen-bond donors (Lipinski definition) is 1. The molecule has 2 aromatic heterocycles. The second-order valence-electron chi connectivity index (χ2n) is 9.36. The van der Waals surface area contributed by atoms with Gasteiger partial charge in [-0.2, -0.15) is 0 Å². The SMILES string of the molecule is CC(=O)c1ccc(-c2ccc3nc(-c4ccccc4)c(CCC(=O)NCCN4CCOCC4)n3c2)cc1. The van der Waals surface area contributed by atoms with Crippen LogP contribution in [0, 0.1) is 0 Å². The molecule has 0 bridgehead atoms. The van der Waals surface area contributed by atoms with Gasteiger partial charge in [0.1, 0.15) is 5.65 Å². The average molecular weight is 497 g/mol. The highest BCUT2D eigenvalue weighted by Crippen LogP contribution is 2.28. The van der Waals surface area contributed by atoms with E-state index in [0.29, 0.717) is 24.9 Å². The highest BCUT2D eigenvalue weighted by atomic mass is 16.5. The van der Waals surface area contributed by atoms with Crippen LogP contribution in [0.15, 0.2) is 72.9 Å². The quantitative estimate of drug-likeness (QED) is 0.351. The van der Waals surface area contributed by atoms with Crippen molar-refractivity contribution in [1.29, 1.82) is 0 Å². The number of nitrogens with one attached hydrogen (secondary N) is 1. The first-order valence-corrected chi connectivity index (χ1v) is 12.8. The molecule has 0 atom stereocenters. The Hall–Kier alpha value is -3.81. The molecule has 37 heavy (non-hydrogen) atoms. The maximum atomic E-state index is 12.7. The molecule has 1 saturated heterocycles. The zero-order valence-corrected chi connectivity index (χ0v) is 21.2. The third kappa shape index (κ3) is 5.96. The number of pyridine rings is 1. The molecule has 0 spiro atoms. The van der Waals surface area contributed by atoms with Crippen molar-refractivity contribution in [2.45, 2.75) is 19.8 Å². The number of aromatic nitrogens is 2. The van der Waals surface area contributed by atoms with E-state index in [1.807, 2.05) is 54.6 Å². The fraction of sp³-hybridized carbons (Fsp3) is 0.300. The van der Waals surface area contributed by atoms with Crippen molar-refractivity contribution in [2.75, 3.05) is 39.4 Å². The van der Waals surface area contributed by atoms with Crippen LogP contribution >= 0.6 is 0 Å². The van der Waals surface area contributed by atoms with Crippen molar-refractivity contribution in [3.05, 3.63) is 84.2 Å². The number of benzene rings is 2. The molecule has 5 rings (SSSR count). The van der Waals surface area contributed by atoms with E-state index in [0.717, 1.165) is 66.6 Å². The van der Waals surface area contributed by atoms with Gasteiger partial charge in [0.2, 0.25) is 5.91 Å². The van der Waals surface area contributed by atoms with Crippen molar-refractivity contribution < 1.29 is 14.3 Å². The van der Waals surface area contributed by atoms with Crippen LogP contribution in [0.1, 0.15) is 29.4 Å². The second kappa shape index (κ2) is 11.5. The van der Waals surface area contributed by atoms with Gasteiger partial charge in [-0.3, -0.25) is 14.5 Å². The van der Waals surface area contributed by atoms with E-state index < -0.39 is 0 Å². The predicted molar refractivity (Wildman–Crippen MR) is 145 cm³/mol. The van der Waals surface area contributed by atoms with E-state index >= 15 is 0 Å². The van der Waals surface area contributed by atoms with E-state index in [1.54, 1.807) is 6.92 Å². The number of amides is 1. The minimum absolute atomic E-state index is 0.0400. The van der Waals surface area contributed by atoms with Gasteiger partial charge in [0.25, 0.3) is 0 Å². The fourth-order valence-electron chi connectivity index (χ4n) is 4.73. The fourth-order valence-corrected chi connectivity index (χ4v) is 4.73. The molecular formula is C30H32N4O3. The minimum atomic E-state index is 0.0400. The number of morpholine rings is 1. The normalized spacial score (nSPS) is 14.1. The molecule has 0 aliphatic carbocycles. The van der Waals surface area contributed by atoms with Crippen LogP contribution in [-0.4, -0.2) is 65.4 Å². The summed E-state index contributed by atoms with van der Waals surface area (Å²) in [5, 5.41) is 3.07. The lowest BCUT2D eigenvalue weighted by Crippen LogP contribution is -2.41. The van der Waals surface area contributed by atoms with Crippen LogP contribution in [0.5, 0.6) is 0 Å². The second-order valence-corrected chi connectivity index (χ2v) is 9.36. The summed E-state index contributed by atoms with van der Waals surface area (Å²) in [5.74, 6) is 0.0906. The highest BCUT2D eigenvalue weighted by Gasteiger charge is 2.17. The summed E-state index contributed by atoms with van der Waals surface area (Å²) < 4.78 is 7.49. The van der Waals surface area contributed by atoms with Gasteiger partial charge in [-0.05, 0) is 36.6 Å². The molecule has 1 aliphatic heterocycles. The summed E-state index contributed by atoms with van der Waals surface area (Å²) in [6.07, 6.45) is 3.03. The number of fused-ring (bicyclic) bond motifs is 1. The Balaban J connectivity index is 1.37. The summed E-state index contributed by atoms with van der Waals surface area (Å²) in [5.41, 5.74) is 6.51. The van der Waals surface area contributed by atoms with Gasteiger partial charge >= 0.3 is 0 Å². The van der Waals surface area contributed by atoms with Crippen LogP contribution in [0.25, 0.3) is 28.0 Å². The molecule has 1 aliphatic rings. The van der Waals surface area contributed by atoms with Gasteiger partial charge in [0.05, 0.1) is 24.6 Å². The molecule has 3 heterocycles. The Bertz CT molecular complexity index is 1370. The smallest absolute Gasteiger partial charge is 0.220 e. The maximum Gasteiger partial charge on any atom is 0.220 e. The lowest BCUT2D eigenvalue weighted by atomic mass is 10.0. The van der Waals surface area contributed by atoms with Crippen molar-refractivity contribution >= 4 is 17.3 Å². The Morgan fingerprint density at radius 2 is 1.65 bits per heavy atom. The molecule has 1 N–H and O–H groups in total. The van der Waals surface area contributed by atoms with Gasteiger partial charge in [-0.25, -0.2) is 4.98 Å². The van der Waals surface area contributed by atoms with Gasteiger partial charge in [0.15, 0.2) is 5.78 Å². The van der Waals surface area contributed by atoms with Crippen molar-refractivity contribution in [3.8, 4) is 22.4 Å². The zero-order valence-electron chi connectivity index (χ0n) is 21.2. The van der Waals surface area contributed by atoms with Gasteiger partial charge in [0, 0.05) is 49.9 Å². The largest absolute Gasteiger partial charge is 0.379 e. The van der Waals surface area contributed by atoms with Gasteiger partial charge in [-0.1, -0.05) is 54.6 Å². The van der Waals surface area contributed by atoms with E-state index in [4.69, 9.17) is 9.72 Å². The summed E-state index contributed by atoms with van der Waals surface area (Å²) in [4.78, 5) is 31.6. The number of ketones is 1. The number of aryl methyl sites for hydroxylation is 1. The standard InChI is InChI=1S/C30H32N4O3/c1-22(35)23-7-9-24(10-8-23)26-11-13-28-32-30(25-5-3-2-4-6-25)27(34(28)21-26)12-14-29(36)31-15-16-33-17-19-37-20-18-33/h2-11,13,21H,12,14-20H2,1H3,(H,31,36). The van der Waals surface area contributed by atoms with Crippen molar-refractivity contribution in [1.82, 2.24) is 19.6 Å². The molecule has 4 aromatic rings. The van der Waals surface area contributed by atoms with E-state index in [2.05, 4.69) is 32.9 Å². The molecule has 7 heteroatoms. The van der Waals surface area contributed by atoms with E-state index in [1.165, 1.54) is 0 Å². The number of hydrogen-bond acceptors (Lipinski definition) is 5. The van der Waals surface area contributed by atoms with Crippen LogP contribution in [0.3, 0.4) is 0 Å². The maximum absolute atomic E-state index is 12.7. The van der Waals surface area contributed by atoms with E-state index in [-0.39, 0.29) is 11.7 Å². The monoisotopic (exact) mass is 496 g/mol. The summed E-state index contributed by atoms with van der Waals surface area (Å²) in [6.45, 7) is 6.39. The number of carbonyl (C=O) groups is 2. The Morgan fingerprint density at radius 3 is 2.38 bits per heavy atom. The number of nitrogens with zero attached hydrogens (tertiary/aromatic N) is 3. The number of imidazole rings is 1. The molecule has 2 aromatic carbocycles. The third-order valence-corrected chi connectivity index (χ3v) is 6.83. The van der Waals surface area contributed by atoms with Crippen LogP contribution in [0.4, 0.5) is 0 Å². The third-order valence-electron chi connectivity index (χ3n) is 6.83. The molecule has 0 radical (unpaired) electrons. The molecule has 1 amide bonds. The number of carbonyl (C=O) groups excluding carboxylic acids is 2. The lowest BCUT2D eigenvalue weighted by molar-refractivity contribution is -0.121. The van der Waals surface area contributed by atoms with Crippen molar-refractivity contribution in [2.24, 2.45) is 0 Å². The first-order valence-electron chi connectivity index (χ1n) is 12.8. The zero-order chi connectivity index (χ0) is 25.6. The van der Waals surface area contributed by atoms with Crippen LogP contribution in [-0.2, 0) is 16.0 Å².